The number of nitrogens with one attached hydrogen (secondary N) is 4. The molecular weight excluding hydrogens is 723 g/mol. The summed E-state index contributed by atoms with van der Waals surface area (Å²) in [5, 5.41) is 19.8. The molecule has 5 N–H and O–H groups in total. The zero-order chi connectivity index (χ0) is 38.5. The quantitative estimate of drug-likeness (QED) is 0.154. The normalized spacial score (nSPS) is 20.2. The molecule has 0 bridgehead atoms. The predicted octanol–water partition coefficient (Wildman–Crippen LogP) is 3.40. The van der Waals surface area contributed by atoms with Crippen molar-refractivity contribution in [1.29, 1.82) is 0 Å². The molecule has 1 aromatic carbocycles. The molecule has 0 aromatic heterocycles. The highest BCUT2D eigenvalue weighted by Crippen LogP contribution is 2.50. The van der Waals surface area contributed by atoms with Gasteiger partial charge in [-0.3, -0.25) is 24.0 Å². The van der Waals surface area contributed by atoms with Gasteiger partial charge in [-0.15, -0.1) is 23.5 Å². The van der Waals surface area contributed by atoms with E-state index >= 15 is 0 Å². The fraction of sp³-hybridized carbons (Fsp3) is 0.649. The number of ether oxygens (including phenoxy) is 1. The van der Waals surface area contributed by atoms with E-state index < -0.39 is 70.4 Å². The first-order chi connectivity index (χ1) is 25.3. The van der Waals surface area contributed by atoms with Crippen molar-refractivity contribution in [1.82, 2.24) is 26.2 Å². The number of rotatable bonds is 16. The molecule has 3 fully saturated rings. The second kappa shape index (κ2) is 20.0. The maximum Gasteiger partial charge on any atom is 0.407 e. The third-order valence-electron chi connectivity index (χ3n) is 9.63. The lowest BCUT2D eigenvalue weighted by Crippen LogP contribution is -2.58. The van der Waals surface area contributed by atoms with Crippen LogP contribution in [0.4, 0.5) is 4.79 Å². The van der Waals surface area contributed by atoms with E-state index in [0.717, 1.165) is 50.0 Å². The number of hydrogen-bond donors (Lipinski definition) is 5. The Morgan fingerprint density at radius 3 is 2.25 bits per heavy atom. The van der Waals surface area contributed by atoms with E-state index in [1.54, 1.807) is 65.7 Å². The number of alkyl carbamates (subject to hydrolysis) is 1. The van der Waals surface area contributed by atoms with Crippen LogP contribution in [-0.4, -0.2) is 105 Å². The second-order valence-corrected chi connectivity index (χ2v) is 17.5. The highest BCUT2D eigenvalue weighted by atomic mass is 32.2. The molecule has 2 aliphatic heterocycles. The van der Waals surface area contributed by atoms with Gasteiger partial charge in [0.15, 0.2) is 6.04 Å². The predicted molar refractivity (Wildman–Crippen MR) is 202 cm³/mol. The van der Waals surface area contributed by atoms with Crippen LogP contribution in [0.3, 0.4) is 0 Å². The standard InChI is InChI=1S/C37H53N5O9S2/c1-4-12-26(31(44)33(46)38-20-28(43)40-30(35(48)49)25-15-9-6-10-16-25)39-32(45)27-19-37(52-17-11-18-53-37)22-42(27)34(47)29(24-13-7-5-8-14-24)41-36(50)51-21-23(2)3/h6,9-10,15-16,23-24,26-27,29-30H,4-5,7-8,11-14,17-22H2,1-3H3,(H,38,46)(H,39,45)(H,40,43)(H,41,50)(H,48,49)/t26?,27-,29?,30?/m0/s1. The minimum Gasteiger partial charge on any atom is -0.479 e. The lowest BCUT2D eigenvalue weighted by atomic mass is 9.83. The molecule has 4 atom stereocenters. The van der Waals surface area contributed by atoms with Crippen molar-refractivity contribution < 1.29 is 43.4 Å². The highest BCUT2D eigenvalue weighted by molar-refractivity contribution is 8.18. The Hall–Kier alpha value is -3.79. The van der Waals surface area contributed by atoms with E-state index in [4.69, 9.17) is 4.74 Å². The first-order valence-electron chi connectivity index (χ1n) is 18.5. The summed E-state index contributed by atoms with van der Waals surface area (Å²) in [6.07, 6.45) is 5.63. The number of amides is 5. The molecule has 1 spiro atoms. The van der Waals surface area contributed by atoms with E-state index in [1.165, 1.54) is 0 Å². The Balaban J connectivity index is 1.47. The van der Waals surface area contributed by atoms with Crippen molar-refractivity contribution in [2.45, 2.75) is 107 Å². The number of benzene rings is 1. The monoisotopic (exact) mass is 775 g/mol. The first-order valence-corrected chi connectivity index (χ1v) is 20.5. The van der Waals surface area contributed by atoms with Gasteiger partial charge in [-0.2, -0.15) is 0 Å². The summed E-state index contributed by atoms with van der Waals surface area (Å²) < 4.78 is 4.96. The average Bonchev–Trinajstić information content (AvgIpc) is 3.52. The van der Waals surface area contributed by atoms with Gasteiger partial charge in [0.25, 0.3) is 5.91 Å². The van der Waals surface area contributed by atoms with Crippen molar-refractivity contribution in [3.8, 4) is 0 Å². The van der Waals surface area contributed by atoms with E-state index in [2.05, 4.69) is 21.3 Å². The molecule has 16 heteroatoms. The average molecular weight is 776 g/mol. The largest absolute Gasteiger partial charge is 0.479 e. The topological polar surface area (TPSA) is 200 Å². The lowest BCUT2D eigenvalue weighted by Gasteiger charge is -2.35. The number of aliphatic carboxylic acids is 1. The molecule has 1 aromatic rings. The van der Waals surface area contributed by atoms with Crippen LogP contribution >= 0.6 is 23.5 Å². The van der Waals surface area contributed by atoms with Crippen molar-refractivity contribution in [2.75, 3.05) is 31.2 Å². The molecule has 2 saturated heterocycles. The Labute approximate surface area is 319 Å². The van der Waals surface area contributed by atoms with Crippen LogP contribution < -0.4 is 21.3 Å². The van der Waals surface area contributed by atoms with Crippen molar-refractivity contribution in [3.63, 3.8) is 0 Å². The van der Waals surface area contributed by atoms with Crippen LogP contribution in [0.15, 0.2) is 30.3 Å². The molecule has 14 nitrogen and oxygen atoms in total. The number of likely N-dealkylation sites (tertiary alicyclic amines) is 1. The number of carboxylic acids is 1. The molecule has 1 saturated carbocycles. The minimum atomic E-state index is -1.36. The number of carboxylic acid groups (broad SMARTS) is 1. The Morgan fingerprint density at radius 1 is 0.943 bits per heavy atom. The molecule has 3 aliphatic rings. The third kappa shape index (κ3) is 11.8. The fourth-order valence-corrected chi connectivity index (χ4v) is 10.3. The van der Waals surface area contributed by atoms with E-state index in [0.29, 0.717) is 18.4 Å². The van der Waals surface area contributed by atoms with Gasteiger partial charge in [0.05, 0.1) is 23.3 Å². The minimum absolute atomic E-state index is 0.110. The number of nitrogens with zero attached hydrogens (tertiary/aromatic N) is 1. The second-order valence-electron chi connectivity index (χ2n) is 14.3. The van der Waals surface area contributed by atoms with Crippen molar-refractivity contribution >= 4 is 65.0 Å². The zero-order valence-electron chi connectivity index (χ0n) is 30.7. The summed E-state index contributed by atoms with van der Waals surface area (Å²) in [6.45, 7) is 5.46. The number of carbonyl (C=O) groups is 7. The van der Waals surface area contributed by atoms with Crippen LogP contribution in [0.5, 0.6) is 0 Å². The van der Waals surface area contributed by atoms with Gasteiger partial charge in [0.1, 0.15) is 12.1 Å². The van der Waals surface area contributed by atoms with Crippen LogP contribution in [0, 0.1) is 11.8 Å². The summed E-state index contributed by atoms with van der Waals surface area (Å²) in [6, 6.07) is 3.62. The van der Waals surface area contributed by atoms with Gasteiger partial charge >= 0.3 is 12.1 Å². The van der Waals surface area contributed by atoms with Crippen molar-refractivity contribution in [3.05, 3.63) is 35.9 Å². The number of hydrogen-bond acceptors (Lipinski definition) is 10. The van der Waals surface area contributed by atoms with E-state index in [1.807, 2.05) is 13.8 Å². The molecular formula is C37H53N5O9S2. The Morgan fingerprint density at radius 2 is 1.62 bits per heavy atom. The molecule has 4 rings (SSSR count). The molecule has 3 unspecified atom stereocenters. The van der Waals surface area contributed by atoms with Gasteiger partial charge < -0.3 is 36.0 Å². The molecule has 0 radical (unpaired) electrons. The maximum absolute atomic E-state index is 14.5. The molecule has 1 aliphatic carbocycles. The Bertz CT molecular complexity index is 1470. The van der Waals surface area contributed by atoms with Crippen LogP contribution in [0.25, 0.3) is 0 Å². The summed E-state index contributed by atoms with van der Waals surface area (Å²) in [4.78, 5) is 93.9. The number of carbonyl (C=O) groups excluding carboxylic acids is 6. The maximum atomic E-state index is 14.5. The molecule has 5 amide bonds. The number of thioether (sulfide) groups is 2. The van der Waals surface area contributed by atoms with Crippen LogP contribution in [0.1, 0.15) is 90.2 Å². The molecule has 292 valence electrons. The van der Waals surface area contributed by atoms with Crippen LogP contribution in [-0.2, 0) is 33.5 Å². The fourth-order valence-electron chi connectivity index (χ4n) is 6.95. The van der Waals surface area contributed by atoms with Gasteiger partial charge in [0, 0.05) is 13.0 Å². The third-order valence-corrected chi connectivity index (χ3v) is 13.0. The molecule has 2 heterocycles. The van der Waals surface area contributed by atoms with Gasteiger partial charge in [-0.1, -0.05) is 76.8 Å². The number of Topliss-reactive ketones (excluding diaryl/α,β-unsaturated/α-hetero) is 1. The summed E-state index contributed by atoms with van der Waals surface area (Å²) in [5.74, 6) is -3.39. The zero-order valence-corrected chi connectivity index (χ0v) is 32.4. The highest BCUT2D eigenvalue weighted by Gasteiger charge is 2.52. The smallest absolute Gasteiger partial charge is 0.407 e. The van der Waals surface area contributed by atoms with Gasteiger partial charge in [-0.05, 0) is 54.6 Å². The first kappa shape index (κ1) is 42.0. The van der Waals surface area contributed by atoms with Crippen LogP contribution in [0.2, 0.25) is 0 Å². The van der Waals surface area contributed by atoms with Gasteiger partial charge in [0.2, 0.25) is 23.5 Å². The van der Waals surface area contributed by atoms with E-state index in [9.17, 15) is 38.7 Å². The number of ketones is 1. The molecule has 53 heavy (non-hydrogen) atoms. The summed E-state index contributed by atoms with van der Waals surface area (Å²) >= 11 is 3.43. The summed E-state index contributed by atoms with van der Waals surface area (Å²) in [7, 11) is 0. The van der Waals surface area contributed by atoms with Gasteiger partial charge in [-0.25, -0.2) is 9.59 Å². The lowest BCUT2D eigenvalue weighted by molar-refractivity contribution is -0.144. The Kier molecular flexibility index (Phi) is 15.9. The summed E-state index contributed by atoms with van der Waals surface area (Å²) in [5.41, 5.74) is 0.333. The van der Waals surface area contributed by atoms with E-state index in [-0.39, 0.29) is 37.3 Å². The van der Waals surface area contributed by atoms with Crippen molar-refractivity contribution in [2.24, 2.45) is 11.8 Å². The SMILES string of the molecule is CCCC(NC(=O)[C@@H]1CC2(CN1C(=O)C(NC(=O)OCC(C)C)C1CCCCC1)SCCCS2)C(=O)C(=O)NCC(=O)NC(C(=O)O)c1ccccc1.